The Balaban J connectivity index is 2.40. The summed E-state index contributed by atoms with van der Waals surface area (Å²) < 4.78 is 4.48. The molecule has 2 rings (SSSR count). The Morgan fingerprint density at radius 2 is 1.95 bits per heavy atom. The van der Waals surface area contributed by atoms with Crippen molar-refractivity contribution in [1.82, 2.24) is 4.57 Å². The van der Waals surface area contributed by atoms with Crippen LogP contribution in [0, 0.1) is 6.92 Å². The Morgan fingerprint density at radius 1 is 1.30 bits per heavy atom. The van der Waals surface area contributed by atoms with Gasteiger partial charge in [0.2, 0.25) is 5.78 Å². The Morgan fingerprint density at radius 3 is 2.45 bits per heavy atom. The summed E-state index contributed by atoms with van der Waals surface area (Å²) in [4.78, 5) is 24.2. The zero-order valence-corrected chi connectivity index (χ0v) is 12.9. The van der Waals surface area contributed by atoms with Crippen molar-refractivity contribution in [2.24, 2.45) is 7.05 Å². The Labute approximate surface area is 130 Å². The van der Waals surface area contributed by atoms with Crippen molar-refractivity contribution in [1.29, 1.82) is 0 Å². The van der Waals surface area contributed by atoms with Gasteiger partial charge in [-0.2, -0.15) is 0 Å². The van der Waals surface area contributed by atoms with Crippen LogP contribution in [0.25, 0.3) is 0 Å². The predicted molar refractivity (Wildman–Crippen MR) is 76.9 cm³/mol. The van der Waals surface area contributed by atoms with E-state index in [1.807, 2.05) is 0 Å². The molecule has 0 N–H and O–H groups in total. The zero-order chi connectivity index (χ0) is 15.1. The van der Waals surface area contributed by atoms with Crippen LogP contribution in [-0.2, 0) is 7.05 Å². The third-order valence-corrected chi connectivity index (χ3v) is 3.38. The Bertz CT molecular complexity index is 679. The van der Waals surface area contributed by atoms with Crippen LogP contribution < -0.4 is 0 Å². The van der Waals surface area contributed by atoms with Gasteiger partial charge in [-0.15, -0.1) is 0 Å². The quantitative estimate of drug-likeness (QED) is 0.635. The van der Waals surface area contributed by atoms with Crippen molar-refractivity contribution in [3.8, 4) is 0 Å². The molecule has 0 aliphatic heterocycles. The first-order valence-corrected chi connectivity index (χ1v) is 6.72. The van der Waals surface area contributed by atoms with Gasteiger partial charge in [-0.05, 0) is 19.1 Å². The molecule has 2 heterocycles. The second kappa shape index (κ2) is 5.28. The van der Waals surface area contributed by atoms with E-state index in [1.54, 1.807) is 20.0 Å². The maximum absolute atomic E-state index is 12.3. The minimum absolute atomic E-state index is 0.148. The molecule has 0 atom stereocenters. The highest BCUT2D eigenvalue weighted by Crippen LogP contribution is 2.31. The lowest BCUT2D eigenvalue weighted by molar-refractivity contribution is 0.0988. The van der Waals surface area contributed by atoms with Crippen LogP contribution in [0.3, 0.4) is 0 Å². The van der Waals surface area contributed by atoms with Crippen LogP contribution >= 0.6 is 34.8 Å². The van der Waals surface area contributed by atoms with Gasteiger partial charge in [-0.25, -0.2) is 0 Å². The molecule has 7 heteroatoms. The van der Waals surface area contributed by atoms with Crippen molar-refractivity contribution in [3.63, 3.8) is 0 Å². The Hall–Kier alpha value is -1.23. The summed E-state index contributed by atoms with van der Waals surface area (Å²) in [5, 5.41) is 0. The lowest BCUT2D eigenvalue weighted by Crippen LogP contribution is -2.21. The van der Waals surface area contributed by atoms with E-state index in [0.717, 1.165) is 0 Å². The maximum Gasteiger partial charge on any atom is 0.255 e. The number of nitrogens with zero attached hydrogens (tertiary/aromatic N) is 1. The fourth-order valence-electron chi connectivity index (χ4n) is 1.84. The van der Waals surface area contributed by atoms with Gasteiger partial charge in [-0.1, -0.05) is 34.8 Å². The number of rotatable bonds is 3. The van der Waals surface area contributed by atoms with Crippen molar-refractivity contribution >= 4 is 46.4 Å². The highest BCUT2D eigenvalue weighted by molar-refractivity contribution is 6.77. The number of Topliss-reactive ketones (excluding diaryl/α,β-unsaturated/α-hetero) is 1. The summed E-state index contributed by atoms with van der Waals surface area (Å²) in [5.74, 6) is -0.434. The van der Waals surface area contributed by atoms with Gasteiger partial charge in [0, 0.05) is 18.8 Å². The molecule has 0 saturated carbocycles. The van der Waals surface area contributed by atoms with Gasteiger partial charge in [0.25, 0.3) is 3.79 Å². The number of furan rings is 1. The van der Waals surface area contributed by atoms with E-state index in [0.29, 0.717) is 16.9 Å². The summed E-state index contributed by atoms with van der Waals surface area (Å²) in [6, 6.07) is 2.97. The predicted octanol–water partition coefficient (Wildman–Crippen LogP) is 3.71. The van der Waals surface area contributed by atoms with Crippen molar-refractivity contribution in [2.45, 2.75) is 10.7 Å². The van der Waals surface area contributed by atoms with Gasteiger partial charge in [0.1, 0.15) is 5.76 Å². The van der Waals surface area contributed by atoms with Crippen molar-refractivity contribution in [2.75, 3.05) is 0 Å². The molecule has 0 unspecified atom stereocenters. The van der Waals surface area contributed by atoms with Gasteiger partial charge in [-0.3, -0.25) is 9.59 Å². The number of hydrogen-bond acceptors (Lipinski definition) is 3. The molecule has 2 aromatic rings. The highest BCUT2D eigenvalue weighted by Gasteiger charge is 2.34. The molecular weight excluding hydrogens is 325 g/mol. The second-order valence-corrected chi connectivity index (χ2v) is 6.55. The minimum Gasteiger partial charge on any atom is -0.469 e. The SMILES string of the molecule is Cc1occc1C(=O)c1cc(C(=O)C(Cl)(Cl)Cl)n(C)c1. The van der Waals surface area contributed by atoms with Crippen LogP contribution in [0.2, 0.25) is 0 Å². The van der Waals surface area contributed by atoms with E-state index in [1.165, 1.54) is 23.1 Å². The molecule has 0 aliphatic rings. The largest absolute Gasteiger partial charge is 0.469 e. The number of carbonyl (C=O) groups is 2. The molecule has 20 heavy (non-hydrogen) atoms. The number of aryl methyl sites for hydroxylation is 2. The van der Waals surface area contributed by atoms with Gasteiger partial charge in [0.15, 0.2) is 5.78 Å². The molecule has 0 spiro atoms. The van der Waals surface area contributed by atoms with Gasteiger partial charge in [0.05, 0.1) is 17.5 Å². The van der Waals surface area contributed by atoms with E-state index < -0.39 is 9.58 Å². The van der Waals surface area contributed by atoms with E-state index in [-0.39, 0.29) is 11.5 Å². The number of carbonyl (C=O) groups excluding carboxylic acids is 2. The van der Waals surface area contributed by atoms with Crippen LogP contribution in [0.5, 0.6) is 0 Å². The molecule has 0 aliphatic carbocycles. The van der Waals surface area contributed by atoms with Crippen LogP contribution in [-0.4, -0.2) is 19.9 Å². The van der Waals surface area contributed by atoms with Crippen molar-refractivity contribution in [3.05, 3.63) is 47.2 Å². The number of aromatic nitrogens is 1. The normalized spacial score (nSPS) is 11.7. The lowest BCUT2D eigenvalue weighted by Gasteiger charge is -2.09. The average molecular weight is 335 g/mol. The molecule has 2 aromatic heterocycles. The molecule has 0 bridgehead atoms. The van der Waals surface area contributed by atoms with Crippen LogP contribution in [0.4, 0.5) is 0 Å². The fourth-order valence-corrected chi connectivity index (χ4v) is 2.13. The highest BCUT2D eigenvalue weighted by atomic mass is 35.6. The first-order valence-electron chi connectivity index (χ1n) is 5.58. The molecule has 0 fully saturated rings. The summed E-state index contributed by atoms with van der Waals surface area (Å²) >= 11 is 16.7. The van der Waals surface area contributed by atoms with E-state index in [9.17, 15) is 9.59 Å². The summed E-state index contributed by atoms with van der Waals surface area (Å²) in [6.45, 7) is 1.68. The van der Waals surface area contributed by atoms with E-state index in [2.05, 4.69) is 0 Å². The second-order valence-electron chi connectivity index (χ2n) is 4.27. The topological polar surface area (TPSA) is 52.2 Å². The van der Waals surface area contributed by atoms with Crippen molar-refractivity contribution < 1.29 is 14.0 Å². The number of halogens is 3. The average Bonchev–Trinajstić information content (AvgIpc) is 2.92. The van der Waals surface area contributed by atoms with E-state index in [4.69, 9.17) is 39.2 Å². The third-order valence-electron chi connectivity index (χ3n) is 2.86. The maximum atomic E-state index is 12.3. The summed E-state index contributed by atoms with van der Waals surface area (Å²) in [7, 11) is 1.60. The number of hydrogen-bond donors (Lipinski definition) is 0. The van der Waals surface area contributed by atoms with Gasteiger partial charge >= 0.3 is 0 Å². The first kappa shape index (κ1) is 15.2. The molecule has 0 saturated heterocycles. The smallest absolute Gasteiger partial charge is 0.255 e. The first-order chi connectivity index (χ1) is 9.21. The monoisotopic (exact) mass is 333 g/mol. The number of ketones is 2. The minimum atomic E-state index is -2.06. The molecule has 0 aromatic carbocycles. The van der Waals surface area contributed by atoms with Gasteiger partial charge < -0.3 is 8.98 Å². The molecular formula is C13H10Cl3NO3. The van der Waals surface area contributed by atoms with Crippen LogP contribution in [0.15, 0.2) is 29.0 Å². The lowest BCUT2D eigenvalue weighted by atomic mass is 10.1. The van der Waals surface area contributed by atoms with E-state index >= 15 is 0 Å². The fraction of sp³-hybridized carbons (Fsp3) is 0.231. The summed E-state index contributed by atoms with van der Waals surface area (Å²) in [5.41, 5.74) is 0.910. The molecule has 106 valence electrons. The van der Waals surface area contributed by atoms with Crippen LogP contribution in [0.1, 0.15) is 32.2 Å². The molecule has 0 radical (unpaired) electrons. The Kier molecular flexibility index (Phi) is 4.00. The summed E-state index contributed by atoms with van der Waals surface area (Å²) in [6.07, 6.45) is 2.94. The molecule has 0 amide bonds. The number of alkyl halides is 3. The standard InChI is InChI=1S/C13H10Cl3NO3/c1-7-9(3-4-20-7)11(18)8-5-10(17(2)6-8)12(19)13(14,15)16/h3-6H,1-2H3. The zero-order valence-electron chi connectivity index (χ0n) is 10.6. The third kappa shape index (κ3) is 2.77. The molecule has 4 nitrogen and oxygen atoms in total.